The van der Waals surface area contributed by atoms with Gasteiger partial charge in [-0.1, -0.05) is 31.5 Å². The zero-order valence-corrected chi connectivity index (χ0v) is 12.7. The summed E-state index contributed by atoms with van der Waals surface area (Å²) < 4.78 is 5.39. The fourth-order valence-corrected chi connectivity index (χ4v) is 3.15. The number of quaternary nitrogens is 1. The number of unbranched alkanes of at least 4 members (excludes halogenated alkanes) is 1. The molecule has 0 unspecified atom stereocenters. The van der Waals surface area contributed by atoms with Crippen LogP contribution in [-0.2, 0) is 16.0 Å². The number of carbonyl (C=O) groups is 1. The Bertz CT molecular complexity index is 647. The number of hydrogen-bond donors (Lipinski definition) is 2. The lowest BCUT2D eigenvalue weighted by Gasteiger charge is -2.24. The summed E-state index contributed by atoms with van der Waals surface area (Å²) in [5.41, 5.74) is 3.68. The van der Waals surface area contributed by atoms with Crippen LogP contribution in [0.4, 0.5) is 0 Å². The maximum atomic E-state index is 12.2. The smallest absolute Gasteiger partial charge is 0.365 e. The second-order valence-electron chi connectivity index (χ2n) is 5.88. The minimum absolute atomic E-state index is 0.0776. The van der Waals surface area contributed by atoms with Gasteiger partial charge in [0, 0.05) is 17.3 Å². The molecule has 4 nitrogen and oxygen atoms in total. The van der Waals surface area contributed by atoms with Crippen LogP contribution in [0.3, 0.4) is 0 Å². The van der Waals surface area contributed by atoms with Crippen molar-refractivity contribution in [2.24, 2.45) is 0 Å². The Labute approximate surface area is 124 Å². The summed E-state index contributed by atoms with van der Waals surface area (Å²) in [5.74, 6) is -0.0776. The predicted molar refractivity (Wildman–Crippen MR) is 82.0 cm³/mol. The second-order valence-corrected chi connectivity index (χ2v) is 5.88. The van der Waals surface area contributed by atoms with Crippen LogP contribution >= 0.6 is 0 Å². The number of H-pyrrole nitrogens is 1. The number of hydrogen-bond acceptors (Lipinski definition) is 2. The number of ether oxygens (including phenoxy) is 1. The highest BCUT2D eigenvalue weighted by atomic mass is 16.5. The van der Waals surface area contributed by atoms with Crippen LogP contribution in [-0.4, -0.2) is 23.6 Å². The van der Waals surface area contributed by atoms with Crippen molar-refractivity contribution in [1.29, 1.82) is 0 Å². The second kappa shape index (κ2) is 5.90. The van der Waals surface area contributed by atoms with E-state index in [0.717, 1.165) is 24.8 Å². The van der Waals surface area contributed by atoms with Gasteiger partial charge in [-0.15, -0.1) is 0 Å². The molecule has 2 heterocycles. The first kappa shape index (κ1) is 14.1. The van der Waals surface area contributed by atoms with Gasteiger partial charge in [-0.05, 0) is 25.0 Å². The van der Waals surface area contributed by atoms with Crippen molar-refractivity contribution in [2.45, 2.75) is 45.2 Å². The van der Waals surface area contributed by atoms with E-state index in [1.807, 2.05) is 12.1 Å². The van der Waals surface area contributed by atoms with Gasteiger partial charge in [-0.25, -0.2) is 4.79 Å². The molecule has 0 fully saturated rings. The van der Waals surface area contributed by atoms with Gasteiger partial charge < -0.3 is 15.0 Å². The third kappa shape index (κ3) is 2.68. The van der Waals surface area contributed by atoms with Gasteiger partial charge in [0.05, 0.1) is 12.3 Å². The SMILES string of the molecule is CCCCOC(=O)[C@@H]1Cc2c([nH]c3ccccc23)[C@@H](C)[NH2+]1. The van der Waals surface area contributed by atoms with Crippen molar-refractivity contribution in [2.75, 3.05) is 6.61 Å². The molecule has 1 aromatic carbocycles. The lowest BCUT2D eigenvalue weighted by atomic mass is 9.94. The molecular weight excluding hydrogens is 264 g/mol. The Hall–Kier alpha value is -1.81. The minimum atomic E-state index is -0.122. The van der Waals surface area contributed by atoms with E-state index in [1.54, 1.807) is 0 Å². The maximum Gasteiger partial charge on any atom is 0.365 e. The van der Waals surface area contributed by atoms with Crippen LogP contribution in [0.1, 0.15) is 44.0 Å². The number of esters is 1. The molecule has 0 bridgehead atoms. The summed E-state index contributed by atoms with van der Waals surface area (Å²) in [6, 6.07) is 8.44. The number of fused-ring (bicyclic) bond motifs is 3. The van der Waals surface area contributed by atoms with Crippen LogP contribution in [0, 0.1) is 0 Å². The van der Waals surface area contributed by atoms with Crippen LogP contribution < -0.4 is 5.32 Å². The van der Waals surface area contributed by atoms with E-state index >= 15 is 0 Å². The van der Waals surface area contributed by atoms with E-state index in [1.165, 1.54) is 16.6 Å². The Morgan fingerprint density at radius 2 is 2.24 bits per heavy atom. The number of benzene rings is 1. The number of aromatic nitrogens is 1. The molecule has 1 aliphatic rings. The van der Waals surface area contributed by atoms with E-state index in [0.29, 0.717) is 6.61 Å². The molecular formula is C17H23N2O2+. The highest BCUT2D eigenvalue weighted by molar-refractivity contribution is 5.86. The van der Waals surface area contributed by atoms with Gasteiger partial charge in [-0.2, -0.15) is 0 Å². The highest BCUT2D eigenvalue weighted by Crippen LogP contribution is 2.28. The normalized spacial score (nSPS) is 21.2. The summed E-state index contributed by atoms with van der Waals surface area (Å²) in [4.78, 5) is 15.7. The first-order valence-electron chi connectivity index (χ1n) is 7.81. The summed E-state index contributed by atoms with van der Waals surface area (Å²) in [6.07, 6.45) is 2.73. The Morgan fingerprint density at radius 1 is 1.43 bits per heavy atom. The van der Waals surface area contributed by atoms with E-state index in [4.69, 9.17) is 4.74 Å². The highest BCUT2D eigenvalue weighted by Gasteiger charge is 2.35. The molecule has 0 aliphatic carbocycles. The zero-order chi connectivity index (χ0) is 14.8. The quantitative estimate of drug-likeness (QED) is 0.668. The lowest BCUT2D eigenvalue weighted by Crippen LogP contribution is -2.94. The third-order valence-electron chi connectivity index (χ3n) is 4.29. The molecule has 4 heteroatoms. The van der Waals surface area contributed by atoms with E-state index in [-0.39, 0.29) is 18.1 Å². The largest absolute Gasteiger partial charge is 0.461 e. The van der Waals surface area contributed by atoms with E-state index < -0.39 is 0 Å². The van der Waals surface area contributed by atoms with Gasteiger partial charge in [0.1, 0.15) is 6.04 Å². The summed E-state index contributed by atoms with van der Waals surface area (Å²) in [5, 5.41) is 3.35. The van der Waals surface area contributed by atoms with Gasteiger partial charge in [-0.3, -0.25) is 0 Å². The average Bonchev–Trinajstić information content (AvgIpc) is 2.87. The summed E-state index contributed by atoms with van der Waals surface area (Å²) >= 11 is 0. The minimum Gasteiger partial charge on any atom is -0.461 e. The molecule has 3 rings (SSSR count). The molecule has 3 N–H and O–H groups in total. The lowest BCUT2D eigenvalue weighted by molar-refractivity contribution is -0.718. The number of carbonyl (C=O) groups excluding carboxylic acids is 1. The standard InChI is InChI=1S/C17H22N2O2/c1-3-4-9-21-17(20)15-10-13-12-7-5-6-8-14(12)19-16(13)11(2)18-15/h5-8,11,15,18-19H,3-4,9-10H2,1-2H3/p+1/t11-,15+/m1/s1. The molecule has 0 saturated heterocycles. The van der Waals surface area contributed by atoms with Crippen molar-refractivity contribution >= 4 is 16.9 Å². The Kier molecular flexibility index (Phi) is 3.97. The molecule has 2 atom stereocenters. The van der Waals surface area contributed by atoms with Crippen molar-refractivity contribution in [3.8, 4) is 0 Å². The molecule has 0 amide bonds. The fourth-order valence-electron chi connectivity index (χ4n) is 3.15. The number of aromatic amines is 1. The van der Waals surface area contributed by atoms with Gasteiger partial charge in [0.2, 0.25) is 0 Å². The molecule has 0 radical (unpaired) electrons. The Balaban J connectivity index is 1.82. The third-order valence-corrected chi connectivity index (χ3v) is 4.29. The first-order chi connectivity index (χ1) is 10.2. The topological polar surface area (TPSA) is 58.7 Å². The summed E-state index contributed by atoms with van der Waals surface area (Å²) in [7, 11) is 0. The monoisotopic (exact) mass is 287 g/mol. The van der Waals surface area contributed by atoms with Crippen LogP contribution in [0.15, 0.2) is 24.3 Å². The number of para-hydroxylation sites is 1. The van der Waals surface area contributed by atoms with Gasteiger partial charge in [0.25, 0.3) is 0 Å². The van der Waals surface area contributed by atoms with Crippen LogP contribution in [0.2, 0.25) is 0 Å². The van der Waals surface area contributed by atoms with Gasteiger partial charge in [0.15, 0.2) is 6.04 Å². The van der Waals surface area contributed by atoms with Gasteiger partial charge >= 0.3 is 5.97 Å². The number of nitrogens with one attached hydrogen (secondary N) is 1. The fraction of sp³-hybridized carbons (Fsp3) is 0.471. The van der Waals surface area contributed by atoms with Crippen molar-refractivity contribution < 1.29 is 14.8 Å². The predicted octanol–water partition coefficient (Wildman–Crippen LogP) is 2.06. The van der Waals surface area contributed by atoms with E-state index in [9.17, 15) is 4.79 Å². The molecule has 1 aromatic heterocycles. The van der Waals surface area contributed by atoms with Crippen molar-refractivity contribution in [1.82, 2.24) is 4.98 Å². The first-order valence-corrected chi connectivity index (χ1v) is 7.81. The van der Waals surface area contributed by atoms with E-state index in [2.05, 4.69) is 36.3 Å². The van der Waals surface area contributed by atoms with Crippen molar-refractivity contribution in [3.63, 3.8) is 0 Å². The van der Waals surface area contributed by atoms with Crippen molar-refractivity contribution in [3.05, 3.63) is 35.5 Å². The number of rotatable bonds is 4. The van der Waals surface area contributed by atoms with Crippen LogP contribution in [0.25, 0.3) is 10.9 Å². The molecule has 0 spiro atoms. The Morgan fingerprint density at radius 3 is 3.05 bits per heavy atom. The molecule has 0 saturated carbocycles. The maximum absolute atomic E-state index is 12.2. The number of nitrogens with two attached hydrogens (primary N) is 1. The molecule has 112 valence electrons. The zero-order valence-electron chi connectivity index (χ0n) is 12.7. The molecule has 2 aromatic rings. The van der Waals surface area contributed by atoms with Crippen LogP contribution in [0.5, 0.6) is 0 Å². The average molecular weight is 287 g/mol. The molecule has 21 heavy (non-hydrogen) atoms. The summed E-state index contributed by atoms with van der Waals surface area (Å²) in [6.45, 7) is 4.77. The molecule has 1 aliphatic heterocycles.